The fraction of sp³-hybridized carbons (Fsp3) is 0.684. The predicted molar refractivity (Wildman–Crippen MR) is 91.6 cm³/mol. The van der Waals surface area contributed by atoms with E-state index in [0.29, 0.717) is 44.3 Å². The number of anilines is 1. The minimum Gasteiger partial charge on any atom is -0.353 e. The van der Waals surface area contributed by atoms with Gasteiger partial charge in [0, 0.05) is 38.8 Å². The molecule has 26 heavy (non-hydrogen) atoms. The van der Waals surface area contributed by atoms with Gasteiger partial charge in [-0.1, -0.05) is 6.42 Å². The molecule has 0 spiro atoms. The summed E-state index contributed by atoms with van der Waals surface area (Å²) in [6, 6.07) is 2.48. The molecule has 1 aromatic rings. The number of carbonyl (C=O) groups excluding carboxylic acids is 1. The maximum atomic E-state index is 12.6. The summed E-state index contributed by atoms with van der Waals surface area (Å²) < 4.78 is 37.9. The van der Waals surface area contributed by atoms with Crippen molar-refractivity contribution >= 4 is 11.7 Å². The Balaban J connectivity index is 1.29. The first-order valence-corrected chi connectivity index (χ1v) is 9.46. The quantitative estimate of drug-likeness (QED) is 0.819. The third-order valence-corrected chi connectivity index (χ3v) is 6.35. The van der Waals surface area contributed by atoms with Crippen LogP contribution in [0.15, 0.2) is 18.3 Å². The van der Waals surface area contributed by atoms with Crippen LogP contribution in [0.5, 0.6) is 0 Å². The second kappa shape index (κ2) is 6.74. The van der Waals surface area contributed by atoms with Crippen LogP contribution in [0.4, 0.5) is 19.0 Å². The highest BCUT2D eigenvalue weighted by atomic mass is 19.4. The fourth-order valence-electron chi connectivity index (χ4n) is 4.91. The number of hydrogen-bond acceptors (Lipinski definition) is 3. The van der Waals surface area contributed by atoms with Gasteiger partial charge in [0.25, 0.3) is 0 Å². The predicted octanol–water partition coefficient (Wildman–Crippen LogP) is 3.58. The summed E-state index contributed by atoms with van der Waals surface area (Å²) in [4.78, 5) is 20.4. The minimum atomic E-state index is -4.36. The lowest BCUT2D eigenvalue weighted by atomic mass is 9.86. The van der Waals surface area contributed by atoms with E-state index in [9.17, 15) is 18.0 Å². The number of hydrogen-bond donors (Lipinski definition) is 0. The molecule has 2 saturated carbocycles. The number of fused-ring (bicyclic) bond motifs is 2. The first-order chi connectivity index (χ1) is 12.4. The molecule has 2 aliphatic carbocycles. The molecular weight excluding hydrogens is 343 g/mol. The number of aromatic nitrogens is 1. The highest BCUT2D eigenvalue weighted by Gasteiger charge is 2.40. The molecule has 0 N–H and O–H groups in total. The molecule has 0 unspecified atom stereocenters. The van der Waals surface area contributed by atoms with E-state index in [2.05, 4.69) is 4.98 Å². The smallest absolute Gasteiger partial charge is 0.353 e. The molecule has 4 nitrogen and oxygen atoms in total. The summed E-state index contributed by atoms with van der Waals surface area (Å²) in [6.07, 6.45) is 2.33. The molecule has 7 heteroatoms. The highest BCUT2D eigenvalue weighted by molar-refractivity contribution is 5.77. The van der Waals surface area contributed by atoms with Crippen LogP contribution in [0.1, 0.15) is 37.7 Å². The van der Waals surface area contributed by atoms with Crippen molar-refractivity contribution in [3.63, 3.8) is 0 Å². The van der Waals surface area contributed by atoms with Crippen LogP contribution in [0.2, 0.25) is 0 Å². The SMILES string of the molecule is O=C(C[C@H]1C[C@H]2CC[C@H]1C2)N1CCN(c2ccc(C(F)(F)F)cn2)CC1. The van der Waals surface area contributed by atoms with Crippen molar-refractivity contribution in [2.24, 2.45) is 17.8 Å². The number of pyridine rings is 1. The zero-order valence-corrected chi connectivity index (χ0v) is 14.7. The third kappa shape index (κ3) is 3.53. The summed E-state index contributed by atoms with van der Waals surface area (Å²) in [5.41, 5.74) is -0.735. The van der Waals surface area contributed by atoms with Gasteiger partial charge in [-0.3, -0.25) is 4.79 Å². The Bertz CT molecular complexity index is 653. The molecule has 142 valence electrons. The minimum absolute atomic E-state index is 0.238. The standard InChI is InChI=1S/C19H24F3N3O/c20-19(21,22)16-3-4-17(23-12-16)24-5-7-25(8-6-24)18(26)11-15-10-13-1-2-14(15)9-13/h3-4,12-15H,1-2,5-11H2/t13-,14-,15+/m0/s1. The summed E-state index contributed by atoms with van der Waals surface area (Å²) in [7, 11) is 0. The molecule has 2 bridgehead atoms. The molecule has 1 saturated heterocycles. The molecule has 1 amide bonds. The van der Waals surface area contributed by atoms with Crippen LogP contribution in [0.3, 0.4) is 0 Å². The topological polar surface area (TPSA) is 36.4 Å². The lowest BCUT2D eigenvalue weighted by Crippen LogP contribution is -2.49. The number of rotatable bonds is 3. The Labute approximate surface area is 151 Å². The summed E-state index contributed by atoms with van der Waals surface area (Å²) in [6.45, 7) is 2.45. The zero-order valence-electron chi connectivity index (χ0n) is 14.7. The molecule has 3 fully saturated rings. The van der Waals surface area contributed by atoms with E-state index >= 15 is 0 Å². The van der Waals surface area contributed by atoms with Gasteiger partial charge in [0.2, 0.25) is 5.91 Å². The fourth-order valence-corrected chi connectivity index (χ4v) is 4.91. The number of alkyl halides is 3. The maximum Gasteiger partial charge on any atom is 0.417 e. The van der Waals surface area contributed by atoms with Gasteiger partial charge in [-0.05, 0) is 49.1 Å². The zero-order chi connectivity index (χ0) is 18.3. The highest BCUT2D eigenvalue weighted by Crippen LogP contribution is 2.49. The van der Waals surface area contributed by atoms with Crippen molar-refractivity contribution in [2.75, 3.05) is 31.1 Å². The molecule has 4 rings (SSSR count). The third-order valence-electron chi connectivity index (χ3n) is 6.35. The van der Waals surface area contributed by atoms with Crippen LogP contribution >= 0.6 is 0 Å². The second-order valence-electron chi connectivity index (χ2n) is 7.91. The average Bonchev–Trinajstić information content (AvgIpc) is 3.24. The van der Waals surface area contributed by atoms with Gasteiger partial charge in [0.05, 0.1) is 5.56 Å². The van der Waals surface area contributed by atoms with Gasteiger partial charge in [-0.25, -0.2) is 4.98 Å². The Morgan fingerprint density at radius 2 is 1.88 bits per heavy atom. The van der Waals surface area contributed by atoms with Crippen LogP contribution < -0.4 is 4.90 Å². The normalized spacial score (nSPS) is 28.7. The Morgan fingerprint density at radius 1 is 1.12 bits per heavy atom. The number of nitrogens with zero attached hydrogens (tertiary/aromatic N) is 3. The average molecular weight is 367 g/mol. The Morgan fingerprint density at radius 3 is 2.42 bits per heavy atom. The number of amides is 1. The maximum absolute atomic E-state index is 12.6. The molecule has 3 atom stereocenters. The number of piperazine rings is 1. The van der Waals surface area contributed by atoms with Gasteiger partial charge in [0.1, 0.15) is 5.82 Å². The van der Waals surface area contributed by atoms with Gasteiger partial charge < -0.3 is 9.80 Å². The van der Waals surface area contributed by atoms with E-state index in [1.165, 1.54) is 31.7 Å². The van der Waals surface area contributed by atoms with Crippen LogP contribution in [0, 0.1) is 17.8 Å². The van der Waals surface area contributed by atoms with Crippen molar-refractivity contribution in [1.82, 2.24) is 9.88 Å². The van der Waals surface area contributed by atoms with Crippen molar-refractivity contribution in [3.05, 3.63) is 23.9 Å². The van der Waals surface area contributed by atoms with E-state index in [-0.39, 0.29) is 5.91 Å². The first kappa shape index (κ1) is 17.6. The lowest BCUT2D eigenvalue weighted by molar-refractivity contribution is -0.138. The van der Waals surface area contributed by atoms with Crippen molar-refractivity contribution in [1.29, 1.82) is 0 Å². The lowest BCUT2D eigenvalue weighted by Gasteiger charge is -2.36. The summed E-state index contributed by atoms with van der Waals surface area (Å²) >= 11 is 0. The van der Waals surface area contributed by atoms with Crippen LogP contribution in [-0.4, -0.2) is 42.0 Å². The number of carbonyl (C=O) groups is 1. The van der Waals surface area contributed by atoms with Crippen molar-refractivity contribution in [3.8, 4) is 0 Å². The largest absolute Gasteiger partial charge is 0.417 e. The van der Waals surface area contributed by atoms with E-state index in [0.717, 1.165) is 24.1 Å². The van der Waals surface area contributed by atoms with Crippen LogP contribution in [0.25, 0.3) is 0 Å². The summed E-state index contributed by atoms with van der Waals surface area (Å²) in [5, 5.41) is 0. The molecule has 1 aromatic heterocycles. The van der Waals surface area contributed by atoms with Gasteiger partial charge in [-0.15, -0.1) is 0 Å². The van der Waals surface area contributed by atoms with Crippen LogP contribution in [-0.2, 0) is 11.0 Å². The van der Waals surface area contributed by atoms with E-state index in [4.69, 9.17) is 0 Å². The van der Waals surface area contributed by atoms with Crippen molar-refractivity contribution in [2.45, 2.75) is 38.3 Å². The molecule has 3 aliphatic rings. The Kier molecular flexibility index (Phi) is 4.57. The molecule has 2 heterocycles. The van der Waals surface area contributed by atoms with Crippen molar-refractivity contribution < 1.29 is 18.0 Å². The summed E-state index contributed by atoms with van der Waals surface area (Å²) in [5.74, 6) is 2.94. The van der Waals surface area contributed by atoms with Gasteiger partial charge >= 0.3 is 6.18 Å². The number of halogens is 3. The van der Waals surface area contributed by atoms with Gasteiger partial charge in [-0.2, -0.15) is 13.2 Å². The van der Waals surface area contributed by atoms with E-state index < -0.39 is 11.7 Å². The molecular formula is C19H24F3N3O. The first-order valence-electron chi connectivity index (χ1n) is 9.46. The van der Waals surface area contributed by atoms with E-state index in [1.54, 1.807) is 0 Å². The second-order valence-corrected chi connectivity index (χ2v) is 7.91. The monoisotopic (exact) mass is 367 g/mol. The van der Waals surface area contributed by atoms with Gasteiger partial charge in [0.15, 0.2) is 0 Å². The molecule has 0 radical (unpaired) electrons. The molecule has 0 aromatic carbocycles. The Hall–Kier alpha value is -1.79. The van der Waals surface area contributed by atoms with E-state index in [1.807, 2.05) is 9.80 Å². The molecule has 1 aliphatic heterocycles.